The summed E-state index contributed by atoms with van der Waals surface area (Å²) < 4.78 is 10.5. The average molecular weight is 497 g/mol. The van der Waals surface area contributed by atoms with E-state index in [1.807, 2.05) is 13.0 Å². The molecule has 0 heterocycles. The van der Waals surface area contributed by atoms with Crippen molar-refractivity contribution in [1.29, 1.82) is 0 Å². The van der Waals surface area contributed by atoms with Crippen LogP contribution in [0.4, 0.5) is 9.59 Å². The van der Waals surface area contributed by atoms with Crippen LogP contribution in [0.2, 0.25) is 0 Å². The fraction of sp³-hybridized carbons (Fsp3) is 0.708. The summed E-state index contributed by atoms with van der Waals surface area (Å²) in [5.41, 5.74) is -2.87. The summed E-state index contributed by atoms with van der Waals surface area (Å²) in [6, 6.07) is -1.19. The number of amides is 3. The van der Waals surface area contributed by atoms with Crippen LogP contribution < -0.4 is 16.0 Å². The van der Waals surface area contributed by atoms with Crippen LogP contribution in [-0.4, -0.2) is 58.4 Å². The van der Waals surface area contributed by atoms with Crippen molar-refractivity contribution in [3.63, 3.8) is 0 Å². The number of carbonyl (C=O) groups is 4. The molecule has 1 fully saturated rings. The van der Waals surface area contributed by atoms with E-state index in [-0.39, 0.29) is 24.7 Å². The Morgan fingerprint density at radius 2 is 1.71 bits per heavy atom. The van der Waals surface area contributed by atoms with Gasteiger partial charge < -0.3 is 25.2 Å². The zero-order chi connectivity index (χ0) is 27.0. The second-order valence-corrected chi connectivity index (χ2v) is 10.6. The molecule has 4 N–H and O–H groups in total. The molecule has 3 amide bonds. The number of aliphatic carboxylic acids is 1. The van der Waals surface area contributed by atoms with E-state index in [2.05, 4.69) is 20.9 Å². The highest BCUT2D eigenvalue weighted by Crippen LogP contribution is 2.42. The molecule has 0 radical (unpaired) electrons. The second-order valence-electron chi connectivity index (χ2n) is 10.6. The Kier molecular flexibility index (Phi) is 10.3. The van der Waals surface area contributed by atoms with E-state index in [9.17, 15) is 24.3 Å². The van der Waals surface area contributed by atoms with Crippen molar-refractivity contribution in [1.82, 2.24) is 16.0 Å². The Hall–Kier alpha value is -3.11. The van der Waals surface area contributed by atoms with Crippen LogP contribution in [-0.2, 0) is 19.1 Å². The number of alkyl carbamates (subject to hydrolysis) is 1. The number of ether oxygens (including phenoxy) is 2. The molecule has 0 aromatic rings. The van der Waals surface area contributed by atoms with Gasteiger partial charge in [0.25, 0.3) is 0 Å². The lowest BCUT2D eigenvalue weighted by Crippen LogP contribution is -2.51. The Balaban J connectivity index is 3.19. The molecule has 1 rings (SSSR count). The van der Waals surface area contributed by atoms with Crippen LogP contribution in [0, 0.1) is 5.41 Å². The van der Waals surface area contributed by atoms with Gasteiger partial charge in [0.05, 0.1) is 11.5 Å². The van der Waals surface area contributed by atoms with E-state index in [0.717, 1.165) is 0 Å². The number of nitrogens with zero attached hydrogens (tertiary/aromatic N) is 1. The molecular formula is C24H40N4O7. The van der Waals surface area contributed by atoms with Crippen molar-refractivity contribution in [3.05, 3.63) is 12.2 Å². The molecule has 3 atom stereocenters. The third-order valence-electron chi connectivity index (χ3n) is 5.05. The third-order valence-corrected chi connectivity index (χ3v) is 5.05. The number of guanidine groups is 1. The van der Waals surface area contributed by atoms with Crippen molar-refractivity contribution in [2.45, 2.75) is 104 Å². The Morgan fingerprint density at radius 3 is 2.20 bits per heavy atom. The van der Waals surface area contributed by atoms with E-state index >= 15 is 0 Å². The summed E-state index contributed by atoms with van der Waals surface area (Å²) in [5.74, 6) is -1.60. The summed E-state index contributed by atoms with van der Waals surface area (Å²) in [5, 5.41) is 18.3. The highest BCUT2D eigenvalue weighted by molar-refractivity contribution is 5.99. The van der Waals surface area contributed by atoms with Crippen LogP contribution in [0.3, 0.4) is 0 Å². The van der Waals surface area contributed by atoms with Gasteiger partial charge in [0, 0.05) is 13.0 Å². The number of hydrogen-bond donors (Lipinski definition) is 4. The number of carbonyl (C=O) groups excluding carboxylic acids is 3. The fourth-order valence-electron chi connectivity index (χ4n) is 3.74. The first-order chi connectivity index (χ1) is 16.0. The normalized spacial score (nSPS) is 21.8. The summed E-state index contributed by atoms with van der Waals surface area (Å²) >= 11 is 0. The fourth-order valence-corrected chi connectivity index (χ4v) is 3.74. The first-order valence-electron chi connectivity index (χ1n) is 11.7. The van der Waals surface area contributed by atoms with E-state index in [1.165, 1.54) is 6.92 Å². The van der Waals surface area contributed by atoms with Gasteiger partial charge in [0.1, 0.15) is 11.2 Å². The predicted octanol–water partition coefficient (Wildman–Crippen LogP) is 3.49. The molecule has 0 saturated heterocycles. The minimum atomic E-state index is -1.28. The Morgan fingerprint density at radius 1 is 1.11 bits per heavy atom. The lowest BCUT2D eigenvalue weighted by molar-refractivity contribution is -0.150. The molecule has 0 aliphatic heterocycles. The Bertz CT molecular complexity index is 855. The summed E-state index contributed by atoms with van der Waals surface area (Å²) in [6.45, 7) is 13.4. The van der Waals surface area contributed by atoms with Gasteiger partial charge in [-0.1, -0.05) is 19.1 Å². The molecular weight excluding hydrogens is 456 g/mol. The lowest BCUT2D eigenvalue weighted by atomic mass is 9.77. The maximum atomic E-state index is 12.4. The van der Waals surface area contributed by atoms with Crippen molar-refractivity contribution < 1.29 is 33.8 Å². The molecule has 11 heteroatoms. The molecule has 1 aliphatic rings. The SMILES string of the molecule is CCC=CC(NC(C)=O)C1(C(=O)O)CC[C@@H](NC(=NC(=O)OC(C)(C)C)NC(=O)OC(C)(C)C)C1. The van der Waals surface area contributed by atoms with Crippen LogP contribution in [0.25, 0.3) is 0 Å². The first-order valence-corrected chi connectivity index (χ1v) is 11.7. The van der Waals surface area contributed by atoms with Gasteiger partial charge in [-0.05, 0) is 67.2 Å². The van der Waals surface area contributed by atoms with Crippen molar-refractivity contribution in [3.8, 4) is 0 Å². The minimum Gasteiger partial charge on any atom is -0.481 e. The van der Waals surface area contributed by atoms with Gasteiger partial charge in [-0.15, -0.1) is 4.99 Å². The number of carboxylic acids is 1. The maximum absolute atomic E-state index is 12.4. The van der Waals surface area contributed by atoms with Crippen molar-refractivity contribution in [2.75, 3.05) is 0 Å². The summed E-state index contributed by atoms with van der Waals surface area (Å²) in [6.07, 6.45) is 3.19. The zero-order valence-corrected chi connectivity index (χ0v) is 22.0. The maximum Gasteiger partial charge on any atom is 0.437 e. The molecule has 35 heavy (non-hydrogen) atoms. The summed E-state index contributed by atoms with van der Waals surface area (Å²) in [4.78, 5) is 52.7. The quantitative estimate of drug-likeness (QED) is 0.247. The first kappa shape index (κ1) is 29.9. The molecule has 0 aromatic carbocycles. The number of nitrogens with one attached hydrogen (secondary N) is 3. The number of rotatable bonds is 6. The molecule has 0 spiro atoms. The predicted molar refractivity (Wildman–Crippen MR) is 131 cm³/mol. The van der Waals surface area contributed by atoms with Crippen molar-refractivity contribution >= 4 is 30.0 Å². The average Bonchev–Trinajstić information content (AvgIpc) is 3.06. The molecule has 0 bridgehead atoms. The molecule has 1 saturated carbocycles. The summed E-state index contributed by atoms with van der Waals surface area (Å²) in [7, 11) is 0. The smallest absolute Gasteiger partial charge is 0.437 e. The van der Waals surface area contributed by atoms with Gasteiger partial charge in [-0.3, -0.25) is 14.9 Å². The molecule has 0 aromatic heterocycles. The van der Waals surface area contributed by atoms with E-state index in [4.69, 9.17) is 9.47 Å². The van der Waals surface area contributed by atoms with Crippen LogP contribution in [0.15, 0.2) is 17.1 Å². The molecule has 198 valence electrons. The van der Waals surface area contributed by atoms with E-state index < -0.39 is 46.9 Å². The van der Waals surface area contributed by atoms with Gasteiger partial charge >= 0.3 is 18.2 Å². The number of carboxylic acid groups (broad SMARTS) is 1. The van der Waals surface area contributed by atoms with Gasteiger partial charge in [0.2, 0.25) is 11.9 Å². The molecule has 1 aliphatic carbocycles. The van der Waals surface area contributed by atoms with Crippen LogP contribution >= 0.6 is 0 Å². The van der Waals surface area contributed by atoms with Gasteiger partial charge in [-0.25, -0.2) is 9.59 Å². The highest BCUT2D eigenvalue weighted by Gasteiger charge is 2.51. The van der Waals surface area contributed by atoms with Gasteiger partial charge in [0.15, 0.2) is 0 Å². The monoisotopic (exact) mass is 496 g/mol. The van der Waals surface area contributed by atoms with Crippen LogP contribution in [0.1, 0.15) is 81.1 Å². The van der Waals surface area contributed by atoms with Crippen molar-refractivity contribution in [2.24, 2.45) is 10.4 Å². The second kappa shape index (κ2) is 12.0. The highest BCUT2D eigenvalue weighted by atomic mass is 16.6. The van der Waals surface area contributed by atoms with E-state index in [0.29, 0.717) is 12.8 Å². The third kappa shape index (κ3) is 10.4. The molecule has 11 nitrogen and oxygen atoms in total. The minimum absolute atomic E-state index is 0.116. The number of aliphatic imine (C=N–C) groups is 1. The lowest BCUT2D eigenvalue weighted by Gasteiger charge is -2.32. The Labute approximate surface area is 207 Å². The van der Waals surface area contributed by atoms with E-state index in [1.54, 1.807) is 47.6 Å². The van der Waals surface area contributed by atoms with Crippen LogP contribution in [0.5, 0.6) is 0 Å². The topological polar surface area (TPSA) is 155 Å². The number of hydrogen-bond acceptors (Lipinski definition) is 6. The van der Waals surface area contributed by atoms with Gasteiger partial charge in [-0.2, -0.15) is 0 Å². The molecule has 2 unspecified atom stereocenters. The largest absolute Gasteiger partial charge is 0.481 e. The standard InChI is InChI=1S/C24H40N4O7/c1-9-10-11-17(25-15(2)29)24(18(30)31)13-12-16(14-24)26-19(27-20(32)34-22(3,4)5)28-21(33)35-23(6,7)8/h10-11,16-17H,9,12-14H2,1-8H3,(H,25,29)(H,30,31)(H2,26,27,28,32,33)/t16-,17?,24?/m1/s1. The number of allylic oxidation sites excluding steroid dienone is 1. The zero-order valence-electron chi connectivity index (χ0n) is 22.0.